The number of benzene rings is 7. The highest BCUT2D eigenvalue weighted by atomic mass is 15.1. The Bertz CT molecular complexity index is 2820. The lowest BCUT2D eigenvalue weighted by Crippen LogP contribution is -2.60. The average Bonchev–Trinajstić information content (AvgIpc) is 3.63. The minimum atomic E-state index is 0.0108. The number of aryl methyl sites for hydroxylation is 2. The summed E-state index contributed by atoms with van der Waals surface area (Å²) in [5, 5.41) is 5.16. The zero-order valence-electron chi connectivity index (χ0n) is 26.8. The van der Waals surface area contributed by atoms with Gasteiger partial charge >= 0.3 is 6.85 Å². The molecule has 7 aromatic carbocycles. The standard InChI is InChI=1S/C44H30BN3/c1-27-23-35-34-25-33-31-17-8-10-21-38(31)46(29-14-4-3-5-15-29)40(33)26-41(34)48(37-20-9-6-13-28(37)2)45-36-19-12-18-32-30-16-7-11-22-39(30)47(44(32)36)42(24-27)43(35)45/h3-26H,1-2H3. The van der Waals surface area contributed by atoms with E-state index in [2.05, 4.69) is 173 Å². The van der Waals surface area contributed by atoms with Gasteiger partial charge in [-0.3, -0.25) is 0 Å². The van der Waals surface area contributed by atoms with Crippen LogP contribution in [0.1, 0.15) is 11.1 Å². The molecule has 0 aliphatic carbocycles. The minimum Gasteiger partial charge on any atom is -0.376 e. The molecule has 0 N–H and O–H groups in total. The van der Waals surface area contributed by atoms with Crippen LogP contribution in [0.3, 0.4) is 0 Å². The number of hydrogen-bond acceptors (Lipinski definition) is 1. The van der Waals surface area contributed by atoms with Crippen LogP contribution in [0.5, 0.6) is 0 Å². The smallest absolute Gasteiger partial charge is 0.333 e. The minimum absolute atomic E-state index is 0.0108. The highest BCUT2D eigenvalue weighted by molar-refractivity contribution is 6.93. The van der Waals surface area contributed by atoms with E-state index in [-0.39, 0.29) is 6.85 Å². The fraction of sp³-hybridized carbons (Fsp3) is 0.0455. The molecule has 0 spiro atoms. The second-order valence-electron chi connectivity index (χ2n) is 13.5. The lowest BCUT2D eigenvalue weighted by atomic mass is 9.44. The fourth-order valence-corrected chi connectivity index (χ4v) is 8.93. The van der Waals surface area contributed by atoms with Crippen LogP contribution < -0.4 is 15.7 Å². The van der Waals surface area contributed by atoms with Gasteiger partial charge in [-0.1, -0.05) is 97.1 Å². The highest BCUT2D eigenvalue weighted by Gasteiger charge is 2.44. The van der Waals surface area contributed by atoms with Gasteiger partial charge in [0.15, 0.2) is 0 Å². The van der Waals surface area contributed by atoms with Gasteiger partial charge in [0.25, 0.3) is 0 Å². The van der Waals surface area contributed by atoms with E-state index in [1.165, 1.54) is 99.5 Å². The molecular formula is C44H30BN3. The van der Waals surface area contributed by atoms with Crippen molar-refractivity contribution in [1.29, 1.82) is 0 Å². The summed E-state index contributed by atoms with van der Waals surface area (Å²) in [6.45, 7) is 4.51. The number of hydrogen-bond donors (Lipinski definition) is 0. The van der Waals surface area contributed by atoms with Gasteiger partial charge in [-0.05, 0) is 90.0 Å². The van der Waals surface area contributed by atoms with Gasteiger partial charge in [0.2, 0.25) is 0 Å². The predicted molar refractivity (Wildman–Crippen MR) is 204 cm³/mol. The van der Waals surface area contributed by atoms with E-state index >= 15 is 0 Å². The number of para-hydroxylation sites is 5. The van der Waals surface area contributed by atoms with E-state index in [9.17, 15) is 0 Å². The number of anilines is 2. The van der Waals surface area contributed by atoms with Crippen molar-refractivity contribution in [2.45, 2.75) is 13.8 Å². The maximum atomic E-state index is 2.65. The van der Waals surface area contributed by atoms with Crippen LogP contribution in [0.25, 0.3) is 66.1 Å². The first-order valence-electron chi connectivity index (χ1n) is 16.8. The molecule has 0 saturated carbocycles. The van der Waals surface area contributed by atoms with Crippen LogP contribution in [0.15, 0.2) is 146 Å². The van der Waals surface area contributed by atoms with E-state index in [1.54, 1.807) is 0 Å². The van der Waals surface area contributed by atoms with Crippen molar-refractivity contribution in [3.05, 3.63) is 157 Å². The molecule has 0 amide bonds. The molecule has 0 atom stereocenters. The summed E-state index contributed by atoms with van der Waals surface area (Å²) in [5.74, 6) is 0. The molecule has 224 valence electrons. The summed E-state index contributed by atoms with van der Waals surface area (Å²) >= 11 is 0. The molecule has 2 aromatic heterocycles. The molecule has 11 rings (SSSR count). The van der Waals surface area contributed by atoms with Crippen LogP contribution in [0, 0.1) is 13.8 Å². The van der Waals surface area contributed by atoms with E-state index in [1.807, 2.05) is 0 Å². The summed E-state index contributed by atoms with van der Waals surface area (Å²) in [4.78, 5) is 2.65. The van der Waals surface area contributed by atoms with E-state index in [0.29, 0.717) is 0 Å². The first kappa shape index (κ1) is 26.1. The second-order valence-corrected chi connectivity index (χ2v) is 13.5. The van der Waals surface area contributed by atoms with Crippen LogP contribution in [-0.4, -0.2) is 16.0 Å². The Morgan fingerprint density at radius 3 is 1.96 bits per heavy atom. The Balaban J connectivity index is 1.34. The van der Waals surface area contributed by atoms with Gasteiger partial charge in [-0.15, -0.1) is 0 Å². The maximum Gasteiger partial charge on any atom is 0.333 e. The van der Waals surface area contributed by atoms with Gasteiger partial charge in [0.05, 0.1) is 22.1 Å². The first-order valence-corrected chi connectivity index (χ1v) is 16.8. The van der Waals surface area contributed by atoms with Gasteiger partial charge in [-0.2, -0.15) is 0 Å². The molecule has 2 aliphatic rings. The molecule has 0 radical (unpaired) electrons. The van der Waals surface area contributed by atoms with Gasteiger partial charge in [0, 0.05) is 49.9 Å². The summed E-state index contributed by atoms with van der Waals surface area (Å²) in [6, 6.07) is 54.2. The largest absolute Gasteiger partial charge is 0.376 e. The summed E-state index contributed by atoms with van der Waals surface area (Å²) in [6.07, 6.45) is 0. The first-order chi connectivity index (χ1) is 23.7. The number of nitrogens with zero attached hydrogens (tertiary/aromatic N) is 3. The zero-order chi connectivity index (χ0) is 31.7. The molecule has 4 heteroatoms. The van der Waals surface area contributed by atoms with Crippen molar-refractivity contribution in [2.75, 3.05) is 4.81 Å². The fourth-order valence-electron chi connectivity index (χ4n) is 8.93. The van der Waals surface area contributed by atoms with E-state index in [0.717, 1.165) is 0 Å². The molecule has 2 aliphatic heterocycles. The third-order valence-corrected chi connectivity index (χ3v) is 10.8. The van der Waals surface area contributed by atoms with Crippen LogP contribution in [-0.2, 0) is 0 Å². The quantitative estimate of drug-likeness (QED) is 0.178. The van der Waals surface area contributed by atoms with E-state index < -0.39 is 0 Å². The van der Waals surface area contributed by atoms with Crippen molar-refractivity contribution in [3.63, 3.8) is 0 Å². The Hall–Kier alpha value is -6.00. The van der Waals surface area contributed by atoms with Gasteiger partial charge in [-0.25, -0.2) is 0 Å². The Morgan fingerprint density at radius 2 is 1.15 bits per heavy atom. The topological polar surface area (TPSA) is 13.1 Å². The third-order valence-electron chi connectivity index (χ3n) is 10.8. The average molecular weight is 612 g/mol. The predicted octanol–water partition coefficient (Wildman–Crippen LogP) is 9.74. The second kappa shape index (κ2) is 9.30. The molecule has 0 fully saturated rings. The Kier molecular flexibility index (Phi) is 5.06. The Morgan fingerprint density at radius 1 is 0.458 bits per heavy atom. The van der Waals surface area contributed by atoms with Crippen molar-refractivity contribution in [2.24, 2.45) is 0 Å². The molecule has 48 heavy (non-hydrogen) atoms. The summed E-state index contributed by atoms with van der Waals surface area (Å²) in [7, 11) is 0. The van der Waals surface area contributed by atoms with Gasteiger partial charge in [0.1, 0.15) is 0 Å². The number of fused-ring (bicyclic) bond motifs is 10. The Labute approximate surface area is 279 Å². The monoisotopic (exact) mass is 611 g/mol. The zero-order valence-corrected chi connectivity index (χ0v) is 26.8. The normalized spacial score (nSPS) is 13.1. The third kappa shape index (κ3) is 3.24. The van der Waals surface area contributed by atoms with Crippen molar-refractivity contribution >= 4 is 72.8 Å². The summed E-state index contributed by atoms with van der Waals surface area (Å²) < 4.78 is 4.99. The molecule has 0 bridgehead atoms. The lowest BCUT2D eigenvalue weighted by molar-refractivity contribution is 1.17. The molecule has 0 unspecified atom stereocenters. The highest BCUT2D eigenvalue weighted by Crippen LogP contribution is 2.48. The SMILES string of the molecule is Cc1cc2c3c(c1)-n1c4ccccc4c4cccc(c41)B3N(c1ccccc1C)c1cc3c(cc1-2)c1ccccc1n3-c1ccccc1. The van der Waals surface area contributed by atoms with Crippen LogP contribution in [0.4, 0.5) is 11.4 Å². The molecular weight excluding hydrogens is 581 g/mol. The lowest BCUT2D eigenvalue weighted by Gasteiger charge is -2.43. The molecule has 3 nitrogen and oxygen atoms in total. The summed E-state index contributed by atoms with van der Waals surface area (Å²) in [5.41, 5.74) is 17.8. The van der Waals surface area contributed by atoms with Crippen molar-refractivity contribution in [3.8, 4) is 22.5 Å². The number of rotatable bonds is 2. The number of aromatic nitrogens is 2. The van der Waals surface area contributed by atoms with Crippen molar-refractivity contribution in [1.82, 2.24) is 9.13 Å². The van der Waals surface area contributed by atoms with Crippen LogP contribution in [0.2, 0.25) is 0 Å². The van der Waals surface area contributed by atoms with Crippen molar-refractivity contribution < 1.29 is 0 Å². The molecule has 0 saturated heterocycles. The molecule has 4 heterocycles. The molecule has 9 aromatic rings. The van der Waals surface area contributed by atoms with Gasteiger partial charge < -0.3 is 13.9 Å². The maximum absolute atomic E-state index is 2.65. The van der Waals surface area contributed by atoms with E-state index in [4.69, 9.17) is 0 Å². The van der Waals surface area contributed by atoms with Crippen LogP contribution >= 0.6 is 0 Å².